The SMILES string of the molecule is CCCP(=O)(C=C(C)CC(C)(C)C)C(=O)c1c(C)cc(C)cc1C. The van der Waals surface area contributed by atoms with Crippen LogP contribution < -0.4 is 0 Å². The average Bonchev–Trinajstić information content (AvgIpc) is 2.34. The van der Waals surface area contributed by atoms with Crippen molar-refractivity contribution in [2.75, 3.05) is 6.16 Å². The van der Waals surface area contributed by atoms with Gasteiger partial charge in [0, 0.05) is 11.7 Å². The molecule has 0 aliphatic rings. The minimum absolute atomic E-state index is 0.121. The van der Waals surface area contributed by atoms with E-state index in [-0.39, 0.29) is 10.9 Å². The van der Waals surface area contributed by atoms with E-state index in [1.54, 1.807) is 5.82 Å². The minimum Gasteiger partial charge on any atom is -0.311 e. The Labute approximate surface area is 148 Å². The van der Waals surface area contributed by atoms with Crippen LogP contribution in [-0.4, -0.2) is 11.7 Å². The number of aryl methyl sites for hydroxylation is 3. The Morgan fingerprint density at radius 3 is 2.04 bits per heavy atom. The van der Waals surface area contributed by atoms with Gasteiger partial charge in [-0.2, -0.15) is 0 Å². The van der Waals surface area contributed by atoms with Crippen molar-refractivity contribution in [1.82, 2.24) is 0 Å². The molecular weight excluding hydrogens is 315 g/mol. The first kappa shape index (κ1) is 20.9. The molecule has 0 N–H and O–H groups in total. The zero-order valence-electron chi connectivity index (χ0n) is 16.6. The molecule has 134 valence electrons. The first-order chi connectivity index (χ1) is 10.9. The molecule has 0 saturated carbocycles. The number of allylic oxidation sites excluding steroid dienone is 1. The molecule has 0 saturated heterocycles. The van der Waals surface area contributed by atoms with Gasteiger partial charge in [-0.3, -0.25) is 4.79 Å². The van der Waals surface area contributed by atoms with Crippen LogP contribution in [0.4, 0.5) is 0 Å². The van der Waals surface area contributed by atoms with E-state index in [1.807, 2.05) is 46.8 Å². The van der Waals surface area contributed by atoms with Crippen molar-refractivity contribution in [3.63, 3.8) is 0 Å². The number of benzene rings is 1. The fourth-order valence-electron chi connectivity index (χ4n) is 3.50. The van der Waals surface area contributed by atoms with Gasteiger partial charge in [-0.15, -0.1) is 0 Å². The quantitative estimate of drug-likeness (QED) is 0.526. The van der Waals surface area contributed by atoms with Gasteiger partial charge in [0.2, 0.25) is 5.52 Å². The summed E-state index contributed by atoms with van der Waals surface area (Å²) in [6, 6.07) is 4.00. The standard InChI is InChI=1S/C21H33O2P/c1-9-10-24(23,14-16(3)13-21(6,7)8)20(22)19-17(4)11-15(2)12-18(19)5/h11-12,14H,9-10,13H2,1-8H3. The number of hydrogen-bond acceptors (Lipinski definition) is 2. The predicted molar refractivity (Wildman–Crippen MR) is 106 cm³/mol. The summed E-state index contributed by atoms with van der Waals surface area (Å²) in [6.07, 6.45) is 2.03. The fraction of sp³-hybridized carbons (Fsp3) is 0.571. The molecule has 0 aliphatic heterocycles. The number of hydrogen-bond donors (Lipinski definition) is 0. The highest BCUT2D eigenvalue weighted by atomic mass is 31.2. The van der Waals surface area contributed by atoms with Crippen LogP contribution in [0.1, 0.15) is 74.5 Å². The molecule has 0 bridgehead atoms. The lowest BCUT2D eigenvalue weighted by Gasteiger charge is -2.21. The Hall–Kier alpha value is -1.14. The van der Waals surface area contributed by atoms with Crippen molar-refractivity contribution in [3.05, 3.63) is 45.8 Å². The lowest BCUT2D eigenvalue weighted by molar-refractivity contribution is 0.107. The Kier molecular flexibility index (Phi) is 6.82. The topological polar surface area (TPSA) is 34.1 Å². The maximum Gasteiger partial charge on any atom is 0.225 e. The molecule has 0 aromatic heterocycles. The van der Waals surface area contributed by atoms with E-state index in [0.717, 1.165) is 35.1 Å². The summed E-state index contributed by atoms with van der Waals surface area (Å²) in [6.45, 7) is 16.4. The summed E-state index contributed by atoms with van der Waals surface area (Å²) in [5, 5.41) is 0. The molecule has 0 aliphatic carbocycles. The molecule has 2 nitrogen and oxygen atoms in total. The van der Waals surface area contributed by atoms with Crippen LogP contribution in [0.5, 0.6) is 0 Å². The smallest absolute Gasteiger partial charge is 0.225 e. The molecule has 24 heavy (non-hydrogen) atoms. The minimum atomic E-state index is -3.04. The van der Waals surface area contributed by atoms with Crippen molar-refractivity contribution in [1.29, 1.82) is 0 Å². The van der Waals surface area contributed by atoms with E-state index in [4.69, 9.17) is 0 Å². The van der Waals surface area contributed by atoms with Gasteiger partial charge in [0.15, 0.2) is 7.14 Å². The highest BCUT2D eigenvalue weighted by Crippen LogP contribution is 2.53. The second-order valence-corrected chi connectivity index (χ2v) is 11.0. The highest BCUT2D eigenvalue weighted by molar-refractivity contribution is 7.83. The van der Waals surface area contributed by atoms with Gasteiger partial charge in [0.1, 0.15) is 0 Å². The molecule has 1 atom stereocenters. The Bertz CT molecular complexity index is 667. The second-order valence-electron chi connectivity index (χ2n) is 8.31. The van der Waals surface area contributed by atoms with Gasteiger partial charge in [-0.1, -0.05) is 51.0 Å². The van der Waals surface area contributed by atoms with Gasteiger partial charge in [0.05, 0.1) is 0 Å². The van der Waals surface area contributed by atoms with E-state index in [1.165, 1.54) is 0 Å². The first-order valence-electron chi connectivity index (χ1n) is 8.79. The molecule has 0 amide bonds. The molecule has 1 rings (SSSR count). The van der Waals surface area contributed by atoms with Gasteiger partial charge in [0.25, 0.3) is 0 Å². The van der Waals surface area contributed by atoms with Crippen LogP contribution in [0.2, 0.25) is 0 Å². The summed E-state index contributed by atoms with van der Waals surface area (Å²) in [5.74, 6) is 1.79. The summed E-state index contributed by atoms with van der Waals surface area (Å²) in [4.78, 5) is 13.2. The van der Waals surface area contributed by atoms with Crippen LogP contribution >= 0.6 is 7.14 Å². The third-order valence-corrected chi connectivity index (χ3v) is 6.91. The summed E-state index contributed by atoms with van der Waals surface area (Å²) < 4.78 is 13.6. The van der Waals surface area contributed by atoms with Crippen LogP contribution in [0.25, 0.3) is 0 Å². The Morgan fingerprint density at radius 2 is 1.62 bits per heavy atom. The fourth-order valence-corrected chi connectivity index (χ4v) is 6.15. The first-order valence-corrected chi connectivity index (χ1v) is 10.8. The zero-order valence-corrected chi connectivity index (χ0v) is 17.5. The van der Waals surface area contributed by atoms with Crippen molar-refractivity contribution >= 4 is 12.7 Å². The van der Waals surface area contributed by atoms with E-state index < -0.39 is 7.14 Å². The summed E-state index contributed by atoms with van der Waals surface area (Å²) >= 11 is 0. The van der Waals surface area contributed by atoms with E-state index in [9.17, 15) is 9.36 Å². The van der Waals surface area contributed by atoms with E-state index >= 15 is 0 Å². The average molecular weight is 348 g/mol. The Morgan fingerprint density at radius 1 is 1.12 bits per heavy atom. The molecule has 0 spiro atoms. The third kappa shape index (κ3) is 5.45. The lowest BCUT2D eigenvalue weighted by Crippen LogP contribution is -2.09. The molecule has 0 fully saturated rings. The normalized spacial score (nSPS) is 15.2. The maximum absolute atomic E-state index is 13.6. The summed E-state index contributed by atoms with van der Waals surface area (Å²) in [5.41, 5.74) is 4.63. The van der Waals surface area contributed by atoms with Gasteiger partial charge < -0.3 is 4.57 Å². The van der Waals surface area contributed by atoms with Crippen molar-refractivity contribution in [2.24, 2.45) is 5.41 Å². The molecular formula is C21H33O2P. The molecule has 0 heterocycles. The number of rotatable bonds is 6. The molecule has 1 aromatic carbocycles. The van der Waals surface area contributed by atoms with Crippen LogP contribution in [0, 0.1) is 26.2 Å². The van der Waals surface area contributed by atoms with Gasteiger partial charge >= 0.3 is 0 Å². The number of carbonyl (C=O) groups is 1. The van der Waals surface area contributed by atoms with Crippen molar-refractivity contribution < 1.29 is 9.36 Å². The lowest BCUT2D eigenvalue weighted by atomic mass is 9.89. The molecule has 0 radical (unpaired) electrons. The van der Waals surface area contributed by atoms with Crippen molar-refractivity contribution in [3.8, 4) is 0 Å². The zero-order chi connectivity index (χ0) is 18.7. The predicted octanol–water partition coefficient (Wildman–Crippen LogP) is 6.87. The monoisotopic (exact) mass is 348 g/mol. The maximum atomic E-state index is 13.6. The third-order valence-electron chi connectivity index (χ3n) is 4.03. The summed E-state index contributed by atoms with van der Waals surface area (Å²) in [7, 11) is -3.04. The van der Waals surface area contributed by atoms with Gasteiger partial charge in [-0.25, -0.2) is 0 Å². The van der Waals surface area contributed by atoms with Crippen LogP contribution in [-0.2, 0) is 4.57 Å². The largest absolute Gasteiger partial charge is 0.311 e. The molecule has 3 heteroatoms. The van der Waals surface area contributed by atoms with E-state index in [2.05, 4.69) is 20.8 Å². The Balaban J connectivity index is 3.37. The molecule has 1 aromatic rings. The van der Waals surface area contributed by atoms with Crippen LogP contribution in [0.3, 0.4) is 0 Å². The molecule has 1 unspecified atom stereocenters. The van der Waals surface area contributed by atoms with Gasteiger partial charge in [-0.05, 0) is 62.9 Å². The second kappa shape index (κ2) is 7.83. The van der Waals surface area contributed by atoms with Crippen LogP contribution in [0.15, 0.2) is 23.5 Å². The van der Waals surface area contributed by atoms with E-state index in [0.29, 0.717) is 11.7 Å². The van der Waals surface area contributed by atoms with Crippen molar-refractivity contribution in [2.45, 2.75) is 68.2 Å². The highest BCUT2D eigenvalue weighted by Gasteiger charge is 2.32. The number of carbonyl (C=O) groups excluding carboxylic acids is 1.